The summed E-state index contributed by atoms with van der Waals surface area (Å²) < 4.78 is 0. The van der Waals surface area contributed by atoms with Gasteiger partial charge in [0.05, 0.1) is 5.69 Å². The highest BCUT2D eigenvalue weighted by Gasteiger charge is 2.15. The lowest BCUT2D eigenvalue weighted by atomic mass is 9.96. The maximum absolute atomic E-state index is 4.77. The lowest BCUT2D eigenvalue weighted by Crippen LogP contribution is -2.24. The van der Waals surface area contributed by atoms with Crippen molar-refractivity contribution in [3.63, 3.8) is 0 Å². The Morgan fingerprint density at radius 2 is 1.57 bits per heavy atom. The first-order valence-corrected chi connectivity index (χ1v) is 10.1. The largest absolute Gasteiger partial charge is 0.370 e. The molecule has 0 bridgehead atoms. The van der Waals surface area contributed by atoms with Crippen LogP contribution in [0.2, 0.25) is 0 Å². The average Bonchev–Trinajstić information content (AvgIpc) is 2.76. The molecule has 6 nitrogen and oxygen atoms in total. The van der Waals surface area contributed by atoms with Crippen LogP contribution in [0.25, 0.3) is 11.3 Å². The molecular weight excluding hydrogens is 348 g/mol. The average molecular weight is 374 g/mol. The summed E-state index contributed by atoms with van der Waals surface area (Å²) in [5, 5.41) is 7.01. The van der Waals surface area contributed by atoms with Gasteiger partial charge in [-0.15, -0.1) is 0 Å². The molecule has 1 fully saturated rings. The van der Waals surface area contributed by atoms with Crippen LogP contribution in [0.4, 0.5) is 11.8 Å². The molecule has 3 aromatic rings. The van der Waals surface area contributed by atoms with E-state index in [4.69, 9.17) is 9.97 Å². The van der Waals surface area contributed by atoms with Gasteiger partial charge in [-0.1, -0.05) is 19.3 Å². The van der Waals surface area contributed by atoms with Gasteiger partial charge in [-0.2, -0.15) is 4.98 Å². The van der Waals surface area contributed by atoms with E-state index in [1.165, 1.54) is 37.7 Å². The molecule has 0 unspecified atom stereocenters. The zero-order chi connectivity index (χ0) is 19.0. The van der Waals surface area contributed by atoms with Crippen molar-refractivity contribution >= 4 is 11.8 Å². The molecule has 6 heteroatoms. The van der Waals surface area contributed by atoms with E-state index in [1.807, 2.05) is 42.7 Å². The molecule has 144 valence electrons. The van der Waals surface area contributed by atoms with Crippen molar-refractivity contribution in [2.45, 2.75) is 44.6 Å². The minimum atomic E-state index is 0.464. The summed E-state index contributed by atoms with van der Waals surface area (Å²) in [7, 11) is 0. The summed E-state index contributed by atoms with van der Waals surface area (Å²) in [6.07, 6.45) is 14.4. The topological polar surface area (TPSA) is 75.6 Å². The number of hydrogen-bond donors (Lipinski definition) is 2. The second-order valence-electron chi connectivity index (χ2n) is 7.21. The zero-order valence-electron chi connectivity index (χ0n) is 16.0. The Balaban J connectivity index is 1.51. The Morgan fingerprint density at radius 3 is 2.32 bits per heavy atom. The minimum Gasteiger partial charge on any atom is -0.370 e. The standard InChI is InChI=1S/C22H26N6/c1-2-4-19(5-3-1)26-22-27-20(18-9-13-24-14-10-18)16-21(28-22)25-15-8-17-6-11-23-12-7-17/h6-7,9-14,16,19H,1-5,8,15H2,(H2,25,26,27,28). The lowest BCUT2D eigenvalue weighted by molar-refractivity contribution is 0.461. The smallest absolute Gasteiger partial charge is 0.225 e. The number of rotatable bonds is 7. The van der Waals surface area contributed by atoms with Gasteiger partial charge in [0.1, 0.15) is 5.82 Å². The number of pyridine rings is 2. The van der Waals surface area contributed by atoms with Crippen LogP contribution in [0.3, 0.4) is 0 Å². The molecule has 1 aliphatic carbocycles. The molecule has 28 heavy (non-hydrogen) atoms. The minimum absolute atomic E-state index is 0.464. The van der Waals surface area contributed by atoms with Gasteiger partial charge < -0.3 is 10.6 Å². The summed E-state index contributed by atoms with van der Waals surface area (Å²) in [5.41, 5.74) is 3.20. The van der Waals surface area contributed by atoms with E-state index in [0.29, 0.717) is 12.0 Å². The van der Waals surface area contributed by atoms with Crippen molar-refractivity contribution in [2.24, 2.45) is 0 Å². The first kappa shape index (κ1) is 18.3. The van der Waals surface area contributed by atoms with Gasteiger partial charge in [0, 0.05) is 49.0 Å². The molecule has 0 spiro atoms. The van der Waals surface area contributed by atoms with Crippen molar-refractivity contribution in [1.29, 1.82) is 0 Å². The van der Waals surface area contributed by atoms with Gasteiger partial charge in [0.25, 0.3) is 0 Å². The van der Waals surface area contributed by atoms with E-state index < -0.39 is 0 Å². The number of nitrogens with one attached hydrogen (secondary N) is 2. The number of hydrogen-bond acceptors (Lipinski definition) is 6. The monoisotopic (exact) mass is 374 g/mol. The Morgan fingerprint density at radius 1 is 0.857 bits per heavy atom. The van der Waals surface area contributed by atoms with Crippen LogP contribution in [0.15, 0.2) is 55.1 Å². The van der Waals surface area contributed by atoms with Crippen molar-refractivity contribution in [1.82, 2.24) is 19.9 Å². The maximum Gasteiger partial charge on any atom is 0.225 e. The van der Waals surface area contributed by atoms with Crippen LogP contribution in [0.5, 0.6) is 0 Å². The molecule has 1 saturated carbocycles. The Hall–Kier alpha value is -3.02. The Labute approximate surface area is 165 Å². The van der Waals surface area contributed by atoms with Crippen LogP contribution in [-0.2, 0) is 6.42 Å². The van der Waals surface area contributed by atoms with Gasteiger partial charge in [0.15, 0.2) is 0 Å². The van der Waals surface area contributed by atoms with Crippen LogP contribution < -0.4 is 10.6 Å². The normalized spacial score (nSPS) is 14.6. The molecule has 0 radical (unpaired) electrons. The summed E-state index contributed by atoms with van der Waals surface area (Å²) in [4.78, 5) is 17.7. The van der Waals surface area contributed by atoms with E-state index in [0.717, 1.165) is 30.0 Å². The highest BCUT2D eigenvalue weighted by Crippen LogP contribution is 2.24. The van der Waals surface area contributed by atoms with Crippen LogP contribution >= 0.6 is 0 Å². The summed E-state index contributed by atoms with van der Waals surface area (Å²) in [6, 6.07) is 10.5. The number of anilines is 2. The summed E-state index contributed by atoms with van der Waals surface area (Å²) >= 11 is 0. The number of nitrogens with zero attached hydrogens (tertiary/aromatic N) is 4. The highest BCUT2D eigenvalue weighted by atomic mass is 15.2. The fourth-order valence-corrected chi connectivity index (χ4v) is 3.59. The summed E-state index contributed by atoms with van der Waals surface area (Å²) in [5.74, 6) is 1.54. The molecule has 1 aliphatic rings. The second-order valence-corrected chi connectivity index (χ2v) is 7.21. The van der Waals surface area contributed by atoms with E-state index in [2.05, 4.69) is 20.6 Å². The van der Waals surface area contributed by atoms with Gasteiger partial charge >= 0.3 is 0 Å². The molecule has 3 aromatic heterocycles. The molecule has 2 N–H and O–H groups in total. The predicted octanol–water partition coefficient (Wildman–Crippen LogP) is 4.33. The van der Waals surface area contributed by atoms with Gasteiger partial charge in [-0.05, 0) is 49.1 Å². The molecule has 4 rings (SSSR count). The van der Waals surface area contributed by atoms with Crippen LogP contribution in [-0.4, -0.2) is 32.5 Å². The van der Waals surface area contributed by atoms with E-state index in [-0.39, 0.29) is 0 Å². The van der Waals surface area contributed by atoms with Gasteiger partial charge in [0.2, 0.25) is 5.95 Å². The Bertz CT molecular complexity index is 863. The fraction of sp³-hybridized carbons (Fsp3) is 0.364. The molecule has 0 saturated heterocycles. The molecule has 3 heterocycles. The van der Waals surface area contributed by atoms with Gasteiger partial charge in [-0.25, -0.2) is 4.98 Å². The third kappa shape index (κ3) is 5.03. The molecule has 0 amide bonds. The third-order valence-electron chi connectivity index (χ3n) is 5.11. The van der Waals surface area contributed by atoms with E-state index in [9.17, 15) is 0 Å². The SMILES string of the molecule is c1cc(CCNc2cc(-c3ccncc3)nc(NC3CCCCC3)n2)ccn1. The van der Waals surface area contributed by atoms with Crippen LogP contribution in [0.1, 0.15) is 37.7 Å². The summed E-state index contributed by atoms with van der Waals surface area (Å²) in [6.45, 7) is 0.805. The lowest BCUT2D eigenvalue weighted by Gasteiger charge is -2.23. The molecule has 0 aromatic carbocycles. The number of aromatic nitrogens is 4. The first-order valence-electron chi connectivity index (χ1n) is 10.1. The zero-order valence-corrected chi connectivity index (χ0v) is 16.0. The molecule has 0 atom stereocenters. The third-order valence-corrected chi connectivity index (χ3v) is 5.11. The van der Waals surface area contributed by atoms with E-state index >= 15 is 0 Å². The quantitative estimate of drug-likeness (QED) is 0.641. The highest BCUT2D eigenvalue weighted by molar-refractivity contribution is 5.64. The van der Waals surface area contributed by atoms with Crippen molar-refractivity contribution in [3.8, 4) is 11.3 Å². The van der Waals surface area contributed by atoms with Crippen molar-refractivity contribution < 1.29 is 0 Å². The predicted molar refractivity (Wildman–Crippen MR) is 112 cm³/mol. The Kier molecular flexibility index (Phi) is 6.07. The second kappa shape index (κ2) is 9.26. The van der Waals surface area contributed by atoms with Gasteiger partial charge in [-0.3, -0.25) is 9.97 Å². The molecule has 0 aliphatic heterocycles. The fourth-order valence-electron chi connectivity index (χ4n) is 3.59. The van der Waals surface area contributed by atoms with E-state index in [1.54, 1.807) is 12.4 Å². The van der Waals surface area contributed by atoms with Crippen LogP contribution in [0, 0.1) is 0 Å². The van der Waals surface area contributed by atoms with Crippen molar-refractivity contribution in [2.75, 3.05) is 17.2 Å². The molecular formula is C22H26N6. The first-order chi connectivity index (χ1) is 13.9. The van der Waals surface area contributed by atoms with Crippen molar-refractivity contribution in [3.05, 3.63) is 60.7 Å². The maximum atomic E-state index is 4.77.